The number of hydrogen-bond donors (Lipinski definition) is 2. The number of halogens is 2. The zero-order valence-corrected chi connectivity index (χ0v) is 20.2. The van der Waals surface area contributed by atoms with Crippen molar-refractivity contribution in [3.8, 4) is 17.0 Å². The molecule has 1 fully saturated rings. The minimum atomic E-state index is -0.477. The van der Waals surface area contributed by atoms with Crippen LogP contribution in [0.3, 0.4) is 0 Å². The van der Waals surface area contributed by atoms with Crippen LogP contribution in [0.1, 0.15) is 40.4 Å². The van der Waals surface area contributed by atoms with Crippen LogP contribution < -0.4 is 10.1 Å². The Balaban J connectivity index is 1.53. The zero-order valence-electron chi connectivity index (χ0n) is 19.5. The lowest BCUT2D eigenvalue weighted by molar-refractivity contribution is 0.0950. The van der Waals surface area contributed by atoms with Gasteiger partial charge in [0.15, 0.2) is 0 Å². The second-order valence-electron chi connectivity index (χ2n) is 8.60. The number of ether oxygens (including phenoxy) is 2. The number of pyridine rings is 1. The maximum atomic E-state index is 13.7. The molecular formula is C27H28ClFN2O4. The molecule has 0 saturated heterocycles. The molecule has 0 bridgehead atoms. The highest BCUT2D eigenvalue weighted by Gasteiger charge is 2.34. The number of carbonyl (C=O) groups is 1. The van der Waals surface area contributed by atoms with E-state index < -0.39 is 5.82 Å². The lowest BCUT2D eigenvalue weighted by atomic mass is 9.96. The number of nitrogens with zero attached hydrogens (tertiary/aromatic N) is 1. The van der Waals surface area contributed by atoms with Gasteiger partial charge in [-0.1, -0.05) is 11.6 Å². The molecule has 2 N–H and O–H groups in total. The first-order valence-corrected chi connectivity index (χ1v) is 11.9. The standard InChI is InChI=1S/C27H28ClFN2O4/c1-34-16-17-12-25(20-6-9-24(29)23(28)14-20)31-26(13-17)22(18-2-3-18)15-30-27(33)19-4-7-21(8-5-19)35-11-10-32/h4-9,12-14,18,22,32H,2-3,10-11,15-16H2,1H3,(H,30,33). The summed E-state index contributed by atoms with van der Waals surface area (Å²) in [5, 5.41) is 12.0. The summed E-state index contributed by atoms with van der Waals surface area (Å²) in [5.74, 6) is 0.411. The zero-order chi connectivity index (χ0) is 24.8. The topological polar surface area (TPSA) is 80.7 Å². The van der Waals surface area contributed by atoms with Crippen molar-refractivity contribution in [3.05, 3.63) is 82.3 Å². The molecule has 1 amide bonds. The molecule has 1 aromatic heterocycles. The number of methoxy groups -OCH3 is 1. The number of aliphatic hydroxyl groups is 1. The van der Waals surface area contributed by atoms with Crippen LogP contribution in [-0.4, -0.2) is 42.9 Å². The van der Waals surface area contributed by atoms with Crippen molar-refractivity contribution in [2.45, 2.75) is 25.4 Å². The van der Waals surface area contributed by atoms with Gasteiger partial charge in [-0.25, -0.2) is 4.39 Å². The predicted molar refractivity (Wildman–Crippen MR) is 132 cm³/mol. The van der Waals surface area contributed by atoms with Gasteiger partial charge in [-0.2, -0.15) is 0 Å². The Morgan fingerprint density at radius 3 is 2.63 bits per heavy atom. The molecule has 1 unspecified atom stereocenters. The SMILES string of the molecule is COCc1cc(-c2ccc(F)c(Cl)c2)nc(C(CNC(=O)c2ccc(OCCO)cc2)C2CC2)c1. The number of benzene rings is 2. The molecule has 6 nitrogen and oxygen atoms in total. The van der Waals surface area contributed by atoms with Gasteiger partial charge in [0.05, 0.1) is 23.9 Å². The van der Waals surface area contributed by atoms with Gasteiger partial charge in [-0.3, -0.25) is 9.78 Å². The summed E-state index contributed by atoms with van der Waals surface area (Å²) in [5.41, 5.74) is 3.75. The van der Waals surface area contributed by atoms with Gasteiger partial charge in [0.25, 0.3) is 5.91 Å². The van der Waals surface area contributed by atoms with E-state index in [0.29, 0.717) is 36.1 Å². The van der Waals surface area contributed by atoms with Crippen LogP contribution in [0.5, 0.6) is 5.75 Å². The lowest BCUT2D eigenvalue weighted by Gasteiger charge is -2.19. The van der Waals surface area contributed by atoms with Crippen molar-refractivity contribution in [1.82, 2.24) is 10.3 Å². The highest BCUT2D eigenvalue weighted by Crippen LogP contribution is 2.42. The Bertz CT molecular complexity index is 1170. The fourth-order valence-corrected chi connectivity index (χ4v) is 4.22. The Morgan fingerprint density at radius 2 is 1.97 bits per heavy atom. The van der Waals surface area contributed by atoms with E-state index in [2.05, 4.69) is 5.32 Å². The van der Waals surface area contributed by atoms with Gasteiger partial charge < -0.3 is 19.9 Å². The molecular weight excluding hydrogens is 471 g/mol. The Labute approximate surface area is 209 Å². The molecule has 0 spiro atoms. The first kappa shape index (κ1) is 25.1. The third kappa shape index (κ3) is 6.57. The summed E-state index contributed by atoms with van der Waals surface area (Å²) >= 11 is 6.01. The molecule has 8 heteroatoms. The molecule has 184 valence electrons. The minimum absolute atomic E-state index is 0.0394. The molecule has 1 aliphatic carbocycles. The lowest BCUT2D eigenvalue weighted by Crippen LogP contribution is -2.29. The fraction of sp³-hybridized carbons (Fsp3) is 0.333. The Kier molecular flexibility index (Phi) is 8.33. The molecule has 1 saturated carbocycles. The molecule has 1 atom stereocenters. The highest BCUT2D eigenvalue weighted by molar-refractivity contribution is 6.31. The molecule has 0 aliphatic heterocycles. The second kappa shape index (κ2) is 11.6. The summed E-state index contributed by atoms with van der Waals surface area (Å²) in [7, 11) is 1.63. The van der Waals surface area contributed by atoms with E-state index in [0.717, 1.165) is 29.7 Å². The van der Waals surface area contributed by atoms with Crippen molar-refractivity contribution in [2.24, 2.45) is 5.92 Å². The monoisotopic (exact) mass is 498 g/mol. The van der Waals surface area contributed by atoms with E-state index in [9.17, 15) is 9.18 Å². The molecule has 1 heterocycles. The largest absolute Gasteiger partial charge is 0.491 e. The van der Waals surface area contributed by atoms with Gasteiger partial charge >= 0.3 is 0 Å². The summed E-state index contributed by atoms with van der Waals surface area (Å²) < 4.78 is 24.4. The number of rotatable bonds is 11. The first-order chi connectivity index (χ1) is 17.0. The number of aliphatic hydroxyl groups excluding tert-OH is 1. The second-order valence-corrected chi connectivity index (χ2v) is 9.00. The number of amides is 1. The smallest absolute Gasteiger partial charge is 0.251 e. The fourth-order valence-electron chi connectivity index (χ4n) is 4.04. The summed E-state index contributed by atoms with van der Waals surface area (Å²) in [6.45, 7) is 0.987. The third-order valence-electron chi connectivity index (χ3n) is 5.96. The first-order valence-electron chi connectivity index (χ1n) is 11.6. The van der Waals surface area contributed by atoms with E-state index in [1.54, 1.807) is 43.5 Å². The number of hydrogen-bond acceptors (Lipinski definition) is 5. The van der Waals surface area contributed by atoms with Gasteiger partial charge in [-0.15, -0.1) is 0 Å². The molecule has 1 aliphatic rings. The van der Waals surface area contributed by atoms with E-state index >= 15 is 0 Å². The van der Waals surface area contributed by atoms with Crippen LogP contribution in [0.4, 0.5) is 4.39 Å². The van der Waals surface area contributed by atoms with Crippen molar-refractivity contribution < 1.29 is 23.8 Å². The van der Waals surface area contributed by atoms with Gasteiger partial charge in [0.1, 0.15) is 18.2 Å². The molecule has 4 rings (SSSR count). The maximum absolute atomic E-state index is 13.7. The summed E-state index contributed by atoms with van der Waals surface area (Å²) in [4.78, 5) is 17.7. The van der Waals surface area contributed by atoms with Crippen LogP contribution >= 0.6 is 11.6 Å². The Hall–Kier alpha value is -3.00. The van der Waals surface area contributed by atoms with Crippen LogP contribution in [0, 0.1) is 11.7 Å². The van der Waals surface area contributed by atoms with Gasteiger partial charge in [0.2, 0.25) is 0 Å². The van der Waals surface area contributed by atoms with Crippen molar-refractivity contribution >= 4 is 17.5 Å². The predicted octanol–water partition coefficient (Wildman–Crippen LogP) is 4.98. The van der Waals surface area contributed by atoms with Gasteiger partial charge in [-0.05, 0) is 78.9 Å². The van der Waals surface area contributed by atoms with Crippen molar-refractivity contribution in [1.29, 1.82) is 0 Å². The highest BCUT2D eigenvalue weighted by atomic mass is 35.5. The molecule has 0 radical (unpaired) electrons. The Morgan fingerprint density at radius 1 is 1.20 bits per heavy atom. The molecule has 35 heavy (non-hydrogen) atoms. The molecule has 2 aromatic carbocycles. The quantitative estimate of drug-likeness (QED) is 0.389. The summed E-state index contributed by atoms with van der Waals surface area (Å²) in [6, 6.07) is 15.3. The average Bonchev–Trinajstić information content (AvgIpc) is 3.70. The maximum Gasteiger partial charge on any atom is 0.251 e. The van der Waals surface area contributed by atoms with E-state index in [1.807, 2.05) is 12.1 Å². The van der Waals surface area contributed by atoms with Crippen LogP contribution in [0.2, 0.25) is 5.02 Å². The number of nitrogens with one attached hydrogen (secondary N) is 1. The third-order valence-corrected chi connectivity index (χ3v) is 6.25. The van der Waals surface area contributed by atoms with E-state index in [1.165, 1.54) is 6.07 Å². The van der Waals surface area contributed by atoms with E-state index in [-0.39, 0.29) is 30.1 Å². The number of aromatic nitrogens is 1. The van der Waals surface area contributed by atoms with Crippen molar-refractivity contribution in [3.63, 3.8) is 0 Å². The minimum Gasteiger partial charge on any atom is -0.491 e. The van der Waals surface area contributed by atoms with Gasteiger partial charge in [0, 0.05) is 36.4 Å². The van der Waals surface area contributed by atoms with Crippen LogP contribution in [0.15, 0.2) is 54.6 Å². The van der Waals surface area contributed by atoms with E-state index in [4.69, 9.17) is 31.2 Å². The normalized spacial score (nSPS) is 13.9. The van der Waals surface area contributed by atoms with Crippen molar-refractivity contribution in [2.75, 3.05) is 26.9 Å². The van der Waals surface area contributed by atoms with Crippen LogP contribution in [-0.2, 0) is 11.3 Å². The van der Waals surface area contributed by atoms with Crippen LogP contribution in [0.25, 0.3) is 11.3 Å². The average molecular weight is 499 g/mol. The number of carbonyl (C=O) groups excluding carboxylic acids is 1. The molecule has 3 aromatic rings. The summed E-state index contributed by atoms with van der Waals surface area (Å²) in [6.07, 6.45) is 2.15.